The fourth-order valence-corrected chi connectivity index (χ4v) is 4.30. The smallest absolute Gasteiger partial charge is 0.349 e. The number of nitrogens with one attached hydrogen (secondary N) is 1. The molecule has 0 unspecified atom stereocenters. The van der Waals surface area contributed by atoms with Gasteiger partial charge in [-0.1, -0.05) is 35.3 Å². The number of hydrogen-bond donors (Lipinski definition) is 1. The Hall–Kier alpha value is -2.55. The summed E-state index contributed by atoms with van der Waals surface area (Å²) in [4.78, 5) is 15.0. The topological polar surface area (TPSA) is 50.2 Å². The van der Waals surface area contributed by atoms with E-state index in [1.54, 1.807) is 0 Å². The van der Waals surface area contributed by atoms with E-state index >= 15 is 0 Å². The van der Waals surface area contributed by atoms with Crippen LogP contribution in [0.5, 0.6) is 0 Å². The van der Waals surface area contributed by atoms with Gasteiger partial charge in [0.2, 0.25) is 0 Å². The lowest BCUT2D eigenvalue weighted by molar-refractivity contribution is -0.143. The number of alkyl halides is 3. The number of likely N-dealkylation sites (tertiary alicyclic amines) is 1. The molecule has 10 heteroatoms. The zero-order valence-electron chi connectivity index (χ0n) is 17.4. The molecule has 1 fully saturated rings. The van der Waals surface area contributed by atoms with Crippen LogP contribution in [0.3, 0.4) is 0 Å². The van der Waals surface area contributed by atoms with Crippen molar-refractivity contribution >= 4 is 29.1 Å². The molecule has 0 saturated carbocycles. The summed E-state index contributed by atoms with van der Waals surface area (Å²) in [6.07, 6.45) is -2.53. The van der Waals surface area contributed by atoms with Gasteiger partial charge in [0.15, 0.2) is 5.69 Å². The Kier molecular flexibility index (Phi) is 6.97. The summed E-state index contributed by atoms with van der Waals surface area (Å²) in [5, 5.41) is 7.65. The largest absolute Gasteiger partial charge is 0.434 e. The van der Waals surface area contributed by atoms with E-state index in [1.807, 2.05) is 24.3 Å². The molecule has 3 aromatic rings. The number of hydrogen-bond acceptors (Lipinski definition) is 3. The number of carbonyl (C=O) groups is 1. The molecule has 0 bridgehead atoms. The Morgan fingerprint density at radius 3 is 2.39 bits per heavy atom. The lowest BCUT2D eigenvalue weighted by Crippen LogP contribution is -2.44. The van der Waals surface area contributed by atoms with Gasteiger partial charge in [-0.05, 0) is 54.8 Å². The molecular formula is C23H21Cl2F3N4O. The molecule has 0 atom stereocenters. The number of benzene rings is 2. The minimum absolute atomic E-state index is 0.167. The summed E-state index contributed by atoms with van der Waals surface area (Å²) in [7, 11) is 0. The van der Waals surface area contributed by atoms with Crippen LogP contribution in [0.15, 0.2) is 54.7 Å². The zero-order chi connectivity index (χ0) is 23.6. The fourth-order valence-electron chi connectivity index (χ4n) is 3.96. The van der Waals surface area contributed by atoms with Crippen LogP contribution >= 0.6 is 23.2 Å². The van der Waals surface area contributed by atoms with Gasteiger partial charge in [0.25, 0.3) is 5.91 Å². The lowest BCUT2D eigenvalue weighted by Gasteiger charge is -2.32. The normalized spacial score (nSPS) is 15.5. The van der Waals surface area contributed by atoms with Gasteiger partial charge < -0.3 is 5.32 Å². The second kappa shape index (κ2) is 9.75. The van der Waals surface area contributed by atoms with E-state index < -0.39 is 23.3 Å². The highest BCUT2D eigenvalue weighted by molar-refractivity contribution is 6.30. The molecule has 2 heterocycles. The first-order valence-electron chi connectivity index (χ1n) is 10.4. The van der Waals surface area contributed by atoms with Crippen LogP contribution in [0.4, 0.5) is 13.2 Å². The third-order valence-corrected chi connectivity index (χ3v) is 6.06. The number of rotatable bonds is 5. The molecule has 1 N–H and O–H groups in total. The second-order valence-electron chi connectivity index (χ2n) is 7.95. The van der Waals surface area contributed by atoms with Crippen molar-refractivity contribution in [2.24, 2.45) is 0 Å². The third kappa shape index (κ3) is 5.69. The van der Waals surface area contributed by atoms with Gasteiger partial charge in [0, 0.05) is 35.7 Å². The maximum atomic E-state index is 13.8. The van der Waals surface area contributed by atoms with E-state index in [9.17, 15) is 18.0 Å². The van der Waals surface area contributed by atoms with E-state index in [0.717, 1.165) is 23.0 Å². The van der Waals surface area contributed by atoms with Crippen LogP contribution in [0.1, 0.15) is 34.5 Å². The van der Waals surface area contributed by atoms with Gasteiger partial charge in [-0.25, -0.2) is 4.68 Å². The molecule has 0 radical (unpaired) electrons. The van der Waals surface area contributed by atoms with Crippen molar-refractivity contribution in [3.05, 3.63) is 81.6 Å². The van der Waals surface area contributed by atoms with E-state index in [2.05, 4.69) is 15.3 Å². The summed E-state index contributed by atoms with van der Waals surface area (Å²) < 4.78 is 42.3. The number of piperidine rings is 1. The van der Waals surface area contributed by atoms with Gasteiger partial charge in [-0.3, -0.25) is 9.69 Å². The molecule has 1 aliphatic heterocycles. The van der Waals surface area contributed by atoms with Crippen LogP contribution < -0.4 is 5.32 Å². The highest BCUT2D eigenvalue weighted by atomic mass is 35.5. The minimum Gasteiger partial charge on any atom is -0.349 e. The van der Waals surface area contributed by atoms with E-state index in [4.69, 9.17) is 23.2 Å². The number of aromatic nitrogens is 2. The summed E-state index contributed by atoms with van der Waals surface area (Å²) in [6, 6.07) is 13.2. The second-order valence-corrected chi connectivity index (χ2v) is 8.82. The number of nitrogens with zero attached hydrogens (tertiary/aromatic N) is 3. The Labute approximate surface area is 199 Å². The van der Waals surface area contributed by atoms with Crippen molar-refractivity contribution in [2.75, 3.05) is 13.1 Å². The molecule has 0 spiro atoms. The van der Waals surface area contributed by atoms with Crippen LogP contribution in [0.2, 0.25) is 10.0 Å². The van der Waals surface area contributed by atoms with E-state index in [-0.39, 0.29) is 11.7 Å². The lowest BCUT2D eigenvalue weighted by atomic mass is 10.0. The third-order valence-electron chi connectivity index (χ3n) is 5.57. The molecule has 1 saturated heterocycles. The van der Waals surface area contributed by atoms with E-state index in [1.165, 1.54) is 24.3 Å². The first kappa shape index (κ1) is 23.6. The first-order valence-corrected chi connectivity index (χ1v) is 11.1. The Morgan fingerprint density at radius 1 is 1.06 bits per heavy atom. The van der Waals surface area contributed by atoms with Crippen LogP contribution in [0, 0.1) is 0 Å². The molecule has 4 rings (SSSR count). The minimum atomic E-state index is -4.76. The zero-order valence-corrected chi connectivity index (χ0v) is 19.0. The highest BCUT2D eigenvalue weighted by Gasteiger charge is 2.41. The van der Waals surface area contributed by atoms with Gasteiger partial charge in [-0.2, -0.15) is 18.3 Å². The molecule has 1 aliphatic rings. The Balaban J connectivity index is 1.43. The van der Waals surface area contributed by atoms with Crippen molar-refractivity contribution in [1.29, 1.82) is 0 Å². The van der Waals surface area contributed by atoms with Crippen molar-refractivity contribution < 1.29 is 18.0 Å². The number of carbonyl (C=O) groups excluding carboxylic acids is 1. The molecule has 1 amide bonds. The predicted octanol–water partition coefficient (Wildman–Crippen LogP) is 5.59. The summed E-state index contributed by atoms with van der Waals surface area (Å²) in [6.45, 7) is 2.16. The molecule has 0 aliphatic carbocycles. The van der Waals surface area contributed by atoms with Gasteiger partial charge in [-0.15, -0.1) is 0 Å². The monoisotopic (exact) mass is 496 g/mol. The Morgan fingerprint density at radius 2 is 1.76 bits per heavy atom. The Bertz CT molecular complexity index is 1120. The molecular weight excluding hydrogens is 476 g/mol. The SMILES string of the molecule is O=C(NC1CCN(Cc2cccc(Cl)c2)CC1)c1cnn(-c2ccc(Cl)cc2)c1C(F)(F)F. The van der Waals surface area contributed by atoms with Crippen molar-refractivity contribution in [3.8, 4) is 5.69 Å². The molecule has 1 aromatic heterocycles. The highest BCUT2D eigenvalue weighted by Crippen LogP contribution is 2.34. The summed E-state index contributed by atoms with van der Waals surface area (Å²) in [5.41, 5.74) is -0.353. The fraction of sp³-hybridized carbons (Fsp3) is 0.304. The maximum absolute atomic E-state index is 13.8. The van der Waals surface area contributed by atoms with Gasteiger partial charge in [0.05, 0.1) is 17.4 Å². The summed E-state index contributed by atoms with van der Waals surface area (Å²) >= 11 is 11.9. The molecule has 5 nitrogen and oxygen atoms in total. The average molecular weight is 497 g/mol. The van der Waals surface area contributed by atoms with E-state index in [0.29, 0.717) is 36.0 Å². The molecule has 33 heavy (non-hydrogen) atoms. The van der Waals surface area contributed by atoms with Crippen molar-refractivity contribution in [3.63, 3.8) is 0 Å². The number of amides is 1. The first-order chi connectivity index (χ1) is 15.7. The van der Waals surface area contributed by atoms with Crippen LogP contribution in [-0.2, 0) is 12.7 Å². The standard InChI is InChI=1S/C23H21Cl2F3N4O/c24-16-4-6-19(7-5-16)32-21(23(26,27)28)20(13-29-32)22(33)30-18-8-10-31(11-9-18)14-15-2-1-3-17(25)12-15/h1-7,12-13,18H,8-11,14H2,(H,30,33). The van der Waals surface area contributed by atoms with Crippen LogP contribution in [-0.4, -0.2) is 39.7 Å². The quantitative estimate of drug-likeness (QED) is 0.500. The van der Waals surface area contributed by atoms with Crippen molar-refractivity contribution in [2.45, 2.75) is 31.6 Å². The average Bonchev–Trinajstić information content (AvgIpc) is 3.22. The van der Waals surface area contributed by atoms with Gasteiger partial charge in [0.1, 0.15) is 0 Å². The number of halogens is 5. The van der Waals surface area contributed by atoms with Crippen molar-refractivity contribution in [1.82, 2.24) is 20.0 Å². The van der Waals surface area contributed by atoms with Gasteiger partial charge >= 0.3 is 6.18 Å². The summed E-state index contributed by atoms with van der Waals surface area (Å²) in [5.74, 6) is -0.782. The maximum Gasteiger partial charge on any atom is 0.434 e. The van der Waals surface area contributed by atoms with Crippen LogP contribution in [0.25, 0.3) is 5.69 Å². The predicted molar refractivity (Wildman–Crippen MR) is 121 cm³/mol. The molecule has 2 aromatic carbocycles. The molecule has 174 valence electrons.